The number of esters is 1. The van der Waals surface area contributed by atoms with Crippen molar-refractivity contribution in [3.63, 3.8) is 0 Å². The molecule has 0 radical (unpaired) electrons. The molecular formula is C22H21N3O4S2. The van der Waals surface area contributed by atoms with Gasteiger partial charge in [0.2, 0.25) is 0 Å². The van der Waals surface area contributed by atoms with E-state index in [4.69, 9.17) is 18.9 Å². The first-order chi connectivity index (χ1) is 15.0. The van der Waals surface area contributed by atoms with Crippen LogP contribution in [0.25, 0.3) is 31.9 Å². The number of carbonyl (C=O) groups excluding carboxylic acids is 1. The minimum atomic E-state index is -0.287. The van der Waals surface area contributed by atoms with E-state index < -0.39 is 0 Å². The third kappa shape index (κ3) is 3.71. The number of hydrogen-bond acceptors (Lipinski definition) is 9. The highest BCUT2D eigenvalue weighted by molar-refractivity contribution is 8.00. The van der Waals surface area contributed by atoms with Crippen molar-refractivity contribution >= 4 is 49.5 Å². The average molecular weight is 456 g/mol. The molecule has 5 rings (SSSR count). The van der Waals surface area contributed by atoms with Crippen molar-refractivity contribution in [3.05, 3.63) is 35.9 Å². The molecule has 0 atom stereocenters. The molecule has 4 aromatic heterocycles. The smallest absolute Gasteiger partial charge is 0.316 e. The molecule has 1 aliphatic heterocycles. The number of aromatic nitrogens is 3. The van der Waals surface area contributed by atoms with Crippen LogP contribution in [0.1, 0.15) is 31.9 Å². The Hall–Kier alpha value is -2.49. The summed E-state index contributed by atoms with van der Waals surface area (Å²) in [6.45, 7) is 6.82. The van der Waals surface area contributed by atoms with Crippen LogP contribution in [-0.2, 0) is 27.3 Å². The number of pyridine rings is 1. The summed E-state index contributed by atoms with van der Waals surface area (Å²) in [4.78, 5) is 26.7. The van der Waals surface area contributed by atoms with E-state index in [2.05, 4.69) is 23.8 Å². The maximum absolute atomic E-state index is 11.8. The predicted octanol–water partition coefficient (Wildman–Crippen LogP) is 5.01. The van der Waals surface area contributed by atoms with E-state index in [9.17, 15) is 4.79 Å². The monoisotopic (exact) mass is 455 g/mol. The third-order valence-corrected chi connectivity index (χ3v) is 7.35. The first-order valence-corrected chi connectivity index (χ1v) is 11.8. The Balaban J connectivity index is 1.70. The highest BCUT2D eigenvalue weighted by Crippen LogP contribution is 2.44. The van der Waals surface area contributed by atoms with Gasteiger partial charge in [-0.15, -0.1) is 11.3 Å². The van der Waals surface area contributed by atoms with Gasteiger partial charge in [-0.05, 0) is 38.5 Å². The van der Waals surface area contributed by atoms with Crippen molar-refractivity contribution in [3.8, 4) is 11.5 Å². The maximum atomic E-state index is 11.8. The van der Waals surface area contributed by atoms with Crippen LogP contribution in [0.4, 0.5) is 0 Å². The Kier molecular flexibility index (Phi) is 5.19. The summed E-state index contributed by atoms with van der Waals surface area (Å²) in [6, 6.07) is 3.78. The normalized spacial score (nSPS) is 15.3. The van der Waals surface area contributed by atoms with Crippen molar-refractivity contribution < 1.29 is 18.7 Å². The minimum absolute atomic E-state index is 0.207. The van der Waals surface area contributed by atoms with Crippen LogP contribution >= 0.6 is 23.1 Å². The fourth-order valence-electron chi connectivity index (χ4n) is 3.83. The molecule has 0 unspecified atom stereocenters. The summed E-state index contributed by atoms with van der Waals surface area (Å²) in [7, 11) is 0. The lowest BCUT2D eigenvalue weighted by molar-refractivity contribution is -0.139. The molecule has 0 saturated carbocycles. The summed E-state index contributed by atoms with van der Waals surface area (Å²) < 4.78 is 17.8. The van der Waals surface area contributed by atoms with Gasteiger partial charge in [-0.1, -0.05) is 11.8 Å². The van der Waals surface area contributed by atoms with Gasteiger partial charge in [0.1, 0.15) is 21.9 Å². The molecule has 0 amide bonds. The zero-order valence-electron chi connectivity index (χ0n) is 17.4. The Morgan fingerprint density at radius 3 is 2.97 bits per heavy atom. The summed E-state index contributed by atoms with van der Waals surface area (Å²) in [5, 5.41) is 1.81. The summed E-state index contributed by atoms with van der Waals surface area (Å²) in [6.07, 6.45) is 3.96. The second-order valence-corrected chi connectivity index (χ2v) is 9.82. The maximum Gasteiger partial charge on any atom is 0.316 e. The number of thioether (sulfide) groups is 1. The molecule has 160 valence electrons. The van der Waals surface area contributed by atoms with Crippen molar-refractivity contribution in [2.75, 3.05) is 12.4 Å². The van der Waals surface area contributed by atoms with Gasteiger partial charge < -0.3 is 13.9 Å². The molecule has 1 aliphatic rings. The second kappa shape index (κ2) is 7.89. The number of rotatable bonds is 5. The number of carbonyl (C=O) groups is 1. The van der Waals surface area contributed by atoms with Gasteiger partial charge in [0.05, 0.1) is 41.0 Å². The first kappa shape index (κ1) is 20.4. The molecular weight excluding hydrogens is 434 g/mol. The first-order valence-electron chi connectivity index (χ1n) is 10.0. The molecule has 4 aromatic rings. The van der Waals surface area contributed by atoms with Gasteiger partial charge in [-0.2, -0.15) is 0 Å². The molecule has 0 bridgehead atoms. The fourth-order valence-corrected chi connectivity index (χ4v) is 5.87. The summed E-state index contributed by atoms with van der Waals surface area (Å²) >= 11 is 2.91. The highest BCUT2D eigenvalue weighted by atomic mass is 32.2. The molecule has 31 heavy (non-hydrogen) atoms. The lowest BCUT2D eigenvalue weighted by atomic mass is 9.89. The van der Waals surface area contributed by atoms with E-state index in [1.54, 1.807) is 30.9 Å². The molecule has 0 aliphatic carbocycles. The summed E-state index contributed by atoms with van der Waals surface area (Å²) in [5.41, 5.74) is 3.63. The fraction of sp³-hybridized carbons (Fsp3) is 0.364. The molecule has 0 fully saturated rings. The zero-order chi connectivity index (χ0) is 21.6. The SMILES string of the molecule is CCOC(=O)CSc1ncnc2c1sc1nc(-c3ccco3)c3c(c12)CC(C)(C)OC3. The second-order valence-electron chi connectivity index (χ2n) is 7.85. The molecule has 0 N–H and O–H groups in total. The lowest BCUT2D eigenvalue weighted by Crippen LogP contribution is -2.32. The van der Waals surface area contributed by atoms with E-state index in [0.29, 0.717) is 13.2 Å². The van der Waals surface area contributed by atoms with E-state index >= 15 is 0 Å². The van der Waals surface area contributed by atoms with Gasteiger partial charge >= 0.3 is 5.97 Å². The van der Waals surface area contributed by atoms with Crippen LogP contribution in [0.2, 0.25) is 0 Å². The van der Waals surface area contributed by atoms with Crippen molar-refractivity contribution in [2.24, 2.45) is 0 Å². The molecule has 5 heterocycles. The number of ether oxygens (including phenoxy) is 2. The lowest BCUT2D eigenvalue weighted by Gasteiger charge is -2.32. The molecule has 9 heteroatoms. The molecule has 0 saturated heterocycles. The average Bonchev–Trinajstić information content (AvgIpc) is 3.39. The number of furan rings is 1. The van der Waals surface area contributed by atoms with Crippen molar-refractivity contribution in [2.45, 2.75) is 44.4 Å². The molecule has 0 aromatic carbocycles. The Bertz CT molecular complexity index is 1280. The Labute approximate surface area is 187 Å². The topological polar surface area (TPSA) is 87.3 Å². The predicted molar refractivity (Wildman–Crippen MR) is 120 cm³/mol. The van der Waals surface area contributed by atoms with Crippen LogP contribution in [0, 0.1) is 0 Å². The van der Waals surface area contributed by atoms with Crippen molar-refractivity contribution in [1.29, 1.82) is 0 Å². The largest absolute Gasteiger partial charge is 0.465 e. The van der Waals surface area contributed by atoms with Crippen LogP contribution < -0.4 is 0 Å². The van der Waals surface area contributed by atoms with Crippen molar-refractivity contribution in [1.82, 2.24) is 15.0 Å². The number of thiophene rings is 1. The van der Waals surface area contributed by atoms with E-state index in [-0.39, 0.29) is 17.3 Å². The van der Waals surface area contributed by atoms with Crippen LogP contribution in [0.15, 0.2) is 34.2 Å². The van der Waals surface area contributed by atoms with E-state index in [1.165, 1.54) is 17.3 Å². The minimum Gasteiger partial charge on any atom is -0.465 e. The van der Waals surface area contributed by atoms with Crippen LogP contribution in [0.3, 0.4) is 0 Å². The van der Waals surface area contributed by atoms with E-state index in [0.717, 1.165) is 48.9 Å². The highest BCUT2D eigenvalue weighted by Gasteiger charge is 2.32. The van der Waals surface area contributed by atoms with Crippen LogP contribution in [0.5, 0.6) is 0 Å². The number of fused-ring (bicyclic) bond motifs is 5. The third-order valence-electron chi connectivity index (χ3n) is 5.18. The van der Waals surface area contributed by atoms with Gasteiger partial charge in [-0.25, -0.2) is 15.0 Å². The van der Waals surface area contributed by atoms with Gasteiger partial charge in [0.15, 0.2) is 5.76 Å². The Morgan fingerprint density at radius 1 is 1.32 bits per heavy atom. The standard InChI is InChI=1S/C22H21N3O4S2/c1-4-27-15(26)10-30-21-19-18(23-11-24-21)16-12-8-22(2,3)29-9-13(12)17(25-20(16)31-19)14-6-5-7-28-14/h5-7,11H,4,8-10H2,1-3H3. The van der Waals surface area contributed by atoms with Crippen LogP contribution in [-0.4, -0.2) is 38.9 Å². The number of hydrogen-bond donors (Lipinski definition) is 0. The number of nitrogens with zero attached hydrogens (tertiary/aromatic N) is 3. The van der Waals surface area contributed by atoms with Gasteiger partial charge in [0.25, 0.3) is 0 Å². The van der Waals surface area contributed by atoms with E-state index in [1.807, 2.05) is 12.1 Å². The van der Waals surface area contributed by atoms with Gasteiger partial charge in [0, 0.05) is 17.4 Å². The van der Waals surface area contributed by atoms with Gasteiger partial charge in [-0.3, -0.25) is 4.79 Å². The molecule has 0 spiro atoms. The summed E-state index contributed by atoms with van der Waals surface area (Å²) in [5.74, 6) is 0.676. The zero-order valence-corrected chi connectivity index (χ0v) is 19.1. The molecule has 7 nitrogen and oxygen atoms in total. The Morgan fingerprint density at radius 2 is 2.19 bits per heavy atom. The quantitative estimate of drug-likeness (QED) is 0.236.